The lowest BCUT2D eigenvalue weighted by Crippen LogP contribution is -2.35. The maximum atomic E-state index is 12.0. The number of carbonyl (C=O) groups is 1. The van der Waals surface area contributed by atoms with Crippen LogP contribution in [-0.2, 0) is 6.54 Å². The molecule has 1 unspecified atom stereocenters. The third kappa shape index (κ3) is 5.47. The second-order valence-electron chi connectivity index (χ2n) is 6.22. The average molecular weight is 266 g/mol. The highest BCUT2D eigenvalue weighted by Gasteiger charge is 2.18. The molecule has 0 radical (unpaired) electrons. The van der Waals surface area contributed by atoms with E-state index < -0.39 is 6.10 Å². The van der Waals surface area contributed by atoms with Gasteiger partial charge in [-0.1, -0.05) is 27.7 Å². The van der Waals surface area contributed by atoms with E-state index in [-0.39, 0.29) is 11.3 Å². The number of hydrogen-bond acceptors (Lipinski definition) is 2. The van der Waals surface area contributed by atoms with Crippen LogP contribution in [0.3, 0.4) is 0 Å². The molecule has 0 fully saturated rings. The summed E-state index contributed by atoms with van der Waals surface area (Å²) >= 11 is 0. The number of carbonyl (C=O) groups excluding carboxylic acids is 1. The summed E-state index contributed by atoms with van der Waals surface area (Å²) in [6, 6.07) is 3.68. The van der Waals surface area contributed by atoms with E-state index in [1.165, 1.54) is 0 Å². The molecule has 0 aromatic carbocycles. The Morgan fingerprint density at radius 3 is 2.74 bits per heavy atom. The van der Waals surface area contributed by atoms with Gasteiger partial charge in [-0.25, -0.2) is 0 Å². The molecule has 0 bridgehead atoms. The number of aliphatic hydroxyl groups is 1. The lowest BCUT2D eigenvalue weighted by atomic mass is 9.89. The molecule has 0 spiro atoms. The fraction of sp³-hybridized carbons (Fsp3) is 0.667. The van der Waals surface area contributed by atoms with Crippen molar-refractivity contribution in [1.82, 2.24) is 9.88 Å². The lowest BCUT2D eigenvalue weighted by molar-refractivity contribution is 0.0860. The summed E-state index contributed by atoms with van der Waals surface area (Å²) in [6.45, 7) is 9.43. The number of nitrogens with zero attached hydrogens (tertiary/aromatic N) is 1. The second-order valence-corrected chi connectivity index (χ2v) is 6.22. The topological polar surface area (TPSA) is 54.3 Å². The molecule has 2 N–H and O–H groups in total. The van der Waals surface area contributed by atoms with Crippen LogP contribution in [0.4, 0.5) is 0 Å². The minimum absolute atomic E-state index is 0.0621. The van der Waals surface area contributed by atoms with Crippen molar-refractivity contribution in [2.45, 2.75) is 53.2 Å². The van der Waals surface area contributed by atoms with Crippen LogP contribution in [0.2, 0.25) is 0 Å². The lowest BCUT2D eigenvalue weighted by Gasteiger charge is -2.22. The fourth-order valence-electron chi connectivity index (χ4n) is 2.14. The first-order chi connectivity index (χ1) is 8.83. The van der Waals surface area contributed by atoms with Gasteiger partial charge in [-0.05, 0) is 30.4 Å². The number of aromatic nitrogens is 1. The highest BCUT2D eigenvalue weighted by molar-refractivity contribution is 5.92. The largest absolute Gasteiger partial charge is 0.391 e. The summed E-state index contributed by atoms with van der Waals surface area (Å²) in [6.07, 6.45) is 3.06. The van der Waals surface area contributed by atoms with E-state index in [0.29, 0.717) is 18.7 Å². The molecule has 0 saturated heterocycles. The molecule has 1 atom stereocenters. The third-order valence-electron chi connectivity index (χ3n) is 2.87. The van der Waals surface area contributed by atoms with Gasteiger partial charge in [0.15, 0.2) is 0 Å². The van der Waals surface area contributed by atoms with Crippen molar-refractivity contribution in [2.24, 2.45) is 5.41 Å². The first-order valence-corrected chi connectivity index (χ1v) is 6.95. The van der Waals surface area contributed by atoms with Gasteiger partial charge in [-0.3, -0.25) is 4.79 Å². The van der Waals surface area contributed by atoms with Crippen molar-refractivity contribution >= 4 is 5.91 Å². The summed E-state index contributed by atoms with van der Waals surface area (Å²) in [7, 11) is 0. The van der Waals surface area contributed by atoms with Gasteiger partial charge in [0.2, 0.25) is 0 Å². The van der Waals surface area contributed by atoms with E-state index in [2.05, 4.69) is 33.0 Å². The number of rotatable bonds is 6. The molecule has 0 aliphatic heterocycles. The Morgan fingerprint density at radius 2 is 2.16 bits per heavy atom. The number of aliphatic hydroxyl groups excluding tert-OH is 1. The predicted molar refractivity (Wildman–Crippen MR) is 77.1 cm³/mol. The summed E-state index contributed by atoms with van der Waals surface area (Å²) in [5.74, 6) is -0.119. The molecular weight excluding hydrogens is 240 g/mol. The monoisotopic (exact) mass is 266 g/mol. The van der Waals surface area contributed by atoms with Crippen LogP contribution >= 0.6 is 0 Å². The molecule has 1 aromatic heterocycles. The van der Waals surface area contributed by atoms with E-state index in [9.17, 15) is 9.90 Å². The van der Waals surface area contributed by atoms with Gasteiger partial charge in [-0.15, -0.1) is 0 Å². The molecule has 1 aromatic rings. The van der Waals surface area contributed by atoms with Gasteiger partial charge in [0, 0.05) is 19.3 Å². The van der Waals surface area contributed by atoms with Crippen molar-refractivity contribution in [3.05, 3.63) is 24.0 Å². The van der Waals surface area contributed by atoms with E-state index in [4.69, 9.17) is 0 Å². The van der Waals surface area contributed by atoms with Crippen LogP contribution in [0.25, 0.3) is 0 Å². The Bertz CT molecular complexity index is 405. The minimum Gasteiger partial charge on any atom is -0.391 e. The molecule has 1 rings (SSSR count). The van der Waals surface area contributed by atoms with Gasteiger partial charge >= 0.3 is 0 Å². The second kappa shape index (κ2) is 6.75. The zero-order valence-electron chi connectivity index (χ0n) is 12.4. The van der Waals surface area contributed by atoms with Crippen LogP contribution in [-0.4, -0.2) is 28.2 Å². The number of amides is 1. The maximum Gasteiger partial charge on any atom is 0.267 e. The first kappa shape index (κ1) is 15.8. The quantitative estimate of drug-likeness (QED) is 0.831. The van der Waals surface area contributed by atoms with Gasteiger partial charge < -0.3 is 15.0 Å². The molecule has 0 aliphatic carbocycles. The zero-order valence-corrected chi connectivity index (χ0v) is 12.4. The molecule has 108 valence electrons. The summed E-state index contributed by atoms with van der Waals surface area (Å²) < 4.78 is 1.94. The Morgan fingerprint density at radius 1 is 1.47 bits per heavy atom. The van der Waals surface area contributed by atoms with Crippen molar-refractivity contribution in [2.75, 3.05) is 6.54 Å². The Balaban J connectivity index is 2.49. The highest BCUT2D eigenvalue weighted by Crippen LogP contribution is 2.20. The smallest absolute Gasteiger partial charge is 0.267 e. The van der Waals surface area contributed by atoms with E-state index >= 15 is 0 Å². The van der Waals surface area contributed by atoms with Crippen molar-refractivity contribution < 1.29 is 9.90 Å². The van der Waals surface area contributed by atoms with E-state index in [1.54, 1.807) is 6.07 Å². The summed E-state index contributed by atoms with van der Waals surface area (Å²) in [5.41, 5.74) is 0.719. The first-order valence-electron chi connectivity index (χ1n) is 6.95. The normalized spacial score (nSPS) is 13.3. The van der Waals surface area contributed by atoms with Crippen molar-refractivity contribution in [3.8, 4) is 0 Å². The minimum atomic E-state index is -0.501. The fourth-order valence-corrected chi connectivity index (χ4v) is 2.14. The van der Waals surface area contributed by atoms with E-state index in [1.807, 2.05) is 16.8 Å². The van der Waals surface area contributed by atoms with Crippen molar-refractivity contribution in [3.63, 3.8) is 0 Å². The number of hydrogen-bond donors (Lipinski definition) is 2. The van der Waals surface area contributed by atoms with Crippen LogP contribution in [0.1, 0.15) is 51.0 Å². The third-order valence-corrected chi connectivity index (χ3v) is 2.87. The van der Waals surface area contributed by atoms with Crippen LogP contribution in [0.5, 0.6) is 0 Å². The zero-order chi connectivity index (χ0) is 14.5. The molecule has 1 heterocycles. The molecule has 1 amide bonds. The van der Waals surface area contributed by atoms with E-state index in [0.717, 1.165) is 13.0 Å². The Hall–Kier alpha value is -1.29. The van der Waals surface area contributed by atoms with Gasteiger partial charge in [0.05, 0.1) is 6.10 Å². The standard InChI is InChI=1S/C15H26N2O2/c1-5-8-17-9-6-7-13(17)14(19)16-11-12(18)10-15(2,3)4/h6-7,9,12,18H,5,8,10-11H2,1-4H3,(H,16,19). The van der Waals surface area contributed by atoms with Crippen LogP contribution in [0, 0.1) is 5.41 Å². The molecule has 19 heavy (non-hydrogen) atoms. The predicted octanol–water partition coefficient (Wildman–Crippen LogP) is 2.43. The maximum absolute atomic E-state index is 12.0. The molecule has 0 saturated carbocycles. The van der Waals surface area contributed by atoms with Gasteiger partial charge in [0.25, 0.3) is 5.91 Å². The summed E-state index contributed by atoms with van der Waals surface area (Å²) in [4.78, 5) is 12.0. The van der Waals surface area contributed by atoms with Crippen LogP contribution in [0.15, 0.2) is 18.3 Å². The van der Waals surface area contributed by atoms with Gasteiger partial charge in [0.1, 0.15) is 5.69 Å². The van der Waals surface area contributed by atoms with Gasteiger partial charge in [-0.2, -0.15) is 0 Å². The molecule has 4 nitrogen and oxygen atoms in total. The average Bonchev–Trinajstić information content (AvgIpc) is 2.72. The molecule has 0 aliphatic rings. The van der Waals surface area contributed by atoms with Crippen molar-refractivity contribution in [1.29, 1.82) is 0 Å². The Kier molecular flexibility index (Phi) is 5.60. The number of nitrogens with one attached hydrogen (secondary N) is 1. The number of aryl methyl sites for hydroxylation is 1. The molecule has 4 heteroatoms. The molecular formula is C15H26N2O2. The summed E-state index contributed by atoms with van der Waals surface area (Å²) in [5, 5.41) is 12.7. The Labute approximate surface area is 115 Å². The van der Waals surface area contributed by atoms with Crippen LogP contribution < -0.4 is 5.32 Å². The SMILES string of the molecule is CCCn1cccc1C(=O)NCC(O)CC(C)(C)C. The highest BCUT2D eigenvalue weighted by atomic mass is 16.3.